The van der Waals surface area contributed by atoms with Crippen LogP contribution in [0.3, 0.4) is 0 Å². The smallest absolute Gasteiger partial charge is 0.175 e. The molecule has 2 N–H and O–H groups in total. The van der Waals surface area contributed by atoms with Gasteiger partial charge >= 0.3 is 0 Å². The number of nitrogens with two attached hydrogens (primary N) is 1. The van der Waals surface area contributed by atoms with Gasteiger partial charge in [0.25, 0.3) is 0 Å². The van der Waals surface area contributed by atoms with Gasteiger partial charge in [-0.25, -0.2) is 8.42 Å². The molecule has 16 heavy (non-hydrogen) atoms. The minimum atomic E-state index is -3.15. The van der Waals surface area contributed by atoms with Gasteiger partial charge in [0.1, 0.15) is 0 Å². The van der Waals surface area contributed by atoms with Gasteiger partial charge in [0.05, 0.1) is 4.90 Å². The highest BCUT2D eigenvalue weighted by Gasteiger charge is 2.10. The van der Waals surface area contributed by atoms with E-state index in [1.165, 1.54) is 6.26 Å². The molecule has 0 aliphatic rings. The molecule has 0 saturated heterocycles. The Bertz CT molecular complexity index is 641. The maximum Gasteiger partial charge on any atom is 0.175 e. The summed E-state index contributed by atoms with van der Waals surface area (Å²) in [7, 11) is -1.27. The molecule has 0 amide bonds. The van der Waals surface area contributed by atoms with E-state index in [2.05, 4.69) is 0 Å². The van der Waals surface area contributed by atoms with Gasteiger partial charge < -0.3 is 10.3 Å². The van der Waals surface area contributed by atoms with Crippen LogP contribution in [0.4, 0.5) is 0 Å². The quantitative estimate of drug-likeness (QED) is 0.850. The van der Waals surface area contributed by atoms with Crippen LogP contribution in [0.5, 0.6) is 0 Å². The molecular formula is C11H14N2O2S. The number of hydrogen-bond acceptors (Lipinski definition) is 3. The van der Waals surface area contributed by atoms with Crippen LogP contribution in [0.25, 0.3) is 10.9 Å². The molecule has 0 radical (unpaired) electrons. The number of rotatable bonds is 2. The zero-order chi connectivity index (χ0) is 11.9. The van der Waals surface area contributed by atoms with E-state index in [-0.39, 0.29) is 0 Å². The van der Waals surface area contributed by atoms with Gasteiger partial charge in [0.15, 0.2) is 9.84 Å². The van der Waals surface area contributed by atoms with Gasteiger partial charge in [-0.05, 0) is 23.6 Å². The second-order valence-electron chi connectivity index (χ2n) is 3.89. The Kier molecular flexibility index (Phi) is 2.52. The summed E-state index contributed by atoms with van der Waals surface area (Å²) in [5.41, 5.74) is 7.48. The van der Waals surface area contributed by atoms with Crippen molar-refractivity contribution in [2.75, 3.05) is 6.26 Å². The summed E-state index contributed by atoms with van der Waals surface area (Å²) in [6.45, 7) is 0.444. The normalized spacial score (nSPS) is 12.2. The van der Waals surface area contributed by atoms with Gasteiger partial charge in [-0.3, -0.25) is 0 Å². The molecule has 1 aromatic heterocycles. The number of hydrogen-bond donors (Lipinski definition) is 1. The minimum absolute atomic E-state index is 0.338. The predicted molar refractivity (Wildman–Crippen MR) is 63.9 cm³/mol. The van der Waals surface area contributed by atoms with Crippen molar-refractivity contribution in [3.8, 4) is 0 Å². The van der Waals surface area contributed by atoms with Crippen molar-refractivity contribution in [3.63, 3.8) is 0 Å². The number of aryl methyl sites for hydroxylation is 1. The lowest BCUT2D eigenvalue weighted by molar-refractivity contribution is 0.602. The number of benzene rings is 1. The molecule has 0 aliphatic heterocycles. The molecule has 5 heteroatoms. The highest BCUT2D eigenvalue weighted by Crippen LogP contribution is 2.22. The molecule has 2 aromatic rings. The van der Waals surface area contributed by atoms with Gasteiger partial charge in [-0.1, -0.05) is 6.07 Å². The largest absolute Gasteiger partial charge is 0.346 e. The average Bonchev–Trinajstić information content (AvgIpc) is 2.54. The third-order valence-corrected chi connectivity index (χ3v) is 3.86. The molecule has 0 fully saturated rings. The lowest BCUT2D eigenvalue weighted by Crippen LogP contribution is -2.03. The second-order valence-corrected chi connectivity index (χ2v) is 5.91. The molecule has 2 rings (SSSR count). The fourth-order valence-corrected chi connectivity index (χ4v) is 2.43. The van der Waals surface area contributed by atoms with E-state index in [0.717, 1.165) is 16.6 Å². The maximum atomic E-state index is 11.4. The number of fused-ring (bicyclic) bond motifs is 1. The average molecular weight is 238 g/mol. The Balaban J connectivity index is 2.75. The predicted octanol–water partition coefficient (Wildman–Crippen LogP) is 1.04. The van der Waals surface area contributed by atoms with E-state index in [1.807, 2.05) is 23.7 Å². The monoisotopic (exact) mass is 238 g/mol. The fourth-order valence-electron chi connectivity index (χ4n) is 1.79. The topological polar surface area (TPSA) is 65.1 Å². The third-order valence-electron chi connectivity index (χ3n) is 2.75. The highest BCUT2D eigenvalue weighted by atomic mass is 32.2. The third kappa shape index (κ3) is 1.72. The first-order valence-electron chi connectivity index (χ1n) is 4.92. The maximum absolute atomic E-state index is 11.4. The fraction of sp³-hybridized carbons (Fsp3) is 0.273. The summed E-state index contributed by atoms with van der Waals surface area (Å²) >= 11 is 0. The van der Waals surface area contributed by atoms with Crippen LogP contribution in [0, 0.1) is 0 Å². The van der Waals surface area contributed by atoms with Crippen LogP contribution in [0.15, 0.2) is 29.2 Å². The molecule has 0 bridgehead atoms. The molecule has 0 spiro atoms. The van der Waals surface area contributed by atoms with E-state index < -0.39 is 9.84 Å². The van der Waals surface area contributed by atoms with Crippen molar-refractivity contribution in [1.82, 2.24) is 4.57 Å². The number of nitrogens with zero attached hydrogens (tertiary/aromatic N) is 1. The summed E-state index contributed by atoms with van der Waals surface area (Å²) < 4.78 is 24.8. The molecule has 1 heterocycles. The Morgan fingerprint density at radius 1 is 1.31 bits per heavy atom. The Labute approximate surface area is 94.6 Å². The first kappa shape index (κ1) is 11.2. The van der Waals surface area contributed by atoms with Crippen molar-refractivity contribution in [2.24, 2.45) is 12.8 Å². The molecule has 0 unspecified atom stereocenters. The minimum Gasteiger partial charge on any atom is -0.346 e. The van der Waals surface area contributed by atoms with E-state index in [0.29, 0.717) is 11.4 Å². The Morgan fingerprint density at radius 2 is 2.00 bits per heavy atom. The second kappa shape index (κ2) is 3.61. The molecule has 0 saturated carbocycles. The van der Waals surface area contributed by atoms with Crippen LogP contribution in [-0.2, 0) is 23.4 Å². The van der Waals surface area contributed by atoms with E-state index >= 15 is 0 Å². The standard InChI is InChI=1S/C11H14N2O2S/c1-13-9(7-12)5-8-3-4-10(6-11(8)13)16(2,14)15/h3-6H,7,12H2,1-2H3. The molecule has 0 aliphatic carbocycles. The molecule has 4 nitrogen and oxygen atoms in total. The summed E-state index contributed by atoms with van der Waals surface area (Å²) in [6.07, 6.45) is 1.21. The molecular weight excluding hydrogens is 224 g/mol. The summed E-state index contributed by atoms with van der Waals surface area (Å²) in [6, 6.07) is 7.09. The summed E-state index contributed by atoms with van der Waals surface area (Å²) in [4.78, 5) is 0.338. The number of aromatic nitrogens is 1. The highest BCUT2D eigenvalue weighted by molar-refractivity contribution is 7.90. The van der Waals surface area contributed by atoms with E-state index in [4.69, 9.17) is 5.73 Å². The SMILES string of the molecule is Cn1c(CN)cc2ccc(S(C)(=O)=O)cc21. The zero-order valence-electron chi connectivity index (χ0n) is 9.27. The van der Waals surface area contributed by atoms with Crippen LogP contribution >= 0.6 is 0 Å². The van der Waals surface area contributed by atoms with Crippen LogP contribution in [0.1, 0.15) is 5.69 Å². The summed E-state index contributed by atoms with van der Waals surface area (Å²) in [5, 5.41) is 1.01. The van der Waals surface area contributed by atoms with Crippen molar-refractivity contribution in [2.45, 2.75) is 11.4 Å². The van der Waals surface area contributed by atoms with Crippen LogP contribution in [0.2, 0.25) is 0 Å². The Hall–Kier alpha value is -1.33. The Morgan fingerprint density at radius 3 is 2.56 bits per heavy atom. The van der Waals surface area contributed by atoms with E-state index in [1.54, 1.807) is 12.1 Å². The summed E-state index contributed by atoms with van der Waals surface area (Å²) in [5.74, 6) is 0. The molecule has 0 atom stereocenters. The molecule has 1 aromatic carbocycles. The van der Waals surface area contributed by atoms with Gasteiger partial charge in [-0.2, -0.15) is 0 Å². The van der Waals surface area contributed by atoms with Gasteiger partial charge in [0.2, 0.25) is 0 Å². The van der Waals surface area contributed by atoms with Crippen LogP contribution in [-0.4, -0.2) is 19.2 Å². The lowest BCUT2D eigenvalue weighted by Gasteiger charge is -2.02. The van der Waals surface area contributed by atoms with Crippen molar-refractivity contribution >= 4 is 20.7 Å². The van der Waals surface area contributed by atoms with Crippen LogP contribution < -0.4 is 5.73 Å². The van der Waals surface area contributed by atoms with Crippen molar-refractivity contribution in [1.29, 1.82) is 0 Å². The molecule has 86 valence electrons. The van der Waals surface area contributed by atoms with E-state index in [9.17, 15) is 8.42 Å². The van der Waals surface area contributed by atoms with Crippen molar-refractivity contribution < 1.29 is 8.42 Å². The van der Waals surface area contributed by atoms with Crippen molar-refractivity contribution in [3.05, 3.63) is 30.0 Å². The van der Waals surface area contributed by atoms with Gasteiger partial charge in [-0.15, -0.1) is 0 Å². The van der Waals surface area contributed by atoms with Gasteiger partial charge in [0, 0.05) is 31.1 Å². The zero-order valence-corrected chi connectivity index (χ0v) is 10.1. The first-order valence-corrected chi connectivity index (χ1v) is 6.81. The first-order chi connectivity index (χ1) is 7.43. The number of sulfone groups is 1. The lowest BCUT2D eigenvalue weighted by atomic mass is 10.2.